The number of hydrogen-bond donors (Lipinski definition) is 1. The van der Waals surface area contributed by atoms with Gasteiger partial charge in [0.1, 0.15) is 5.82 Å². The zero-order chi connectivity index (χ0) is 21.1. The van der Waals surface area contributed by atoms with E-state index in [0.29, 0.717) is 18.0 Å². The topological polar surface area (TPSA) is 56.1 Å². The number of ether oxygens (including phenoxy) is 1. The lowest BCUT2D eigenvalue weighted by atomic mass is 9.95. The van der Waals surface area contributed by atoms with Crippen molar-refractivity contribution >= 4 is 11.6 Å². The Hall–Kier alpha value is -2.99. The van der Waals surface area contributed by atoms with Crippen molar-refractivity contribution in [3.63, 3.8) is 0 Å². The number of nitrogens with one attached hydrogen (secondary N) is 1. The highest BCUT2D eigenvalue weighted by Crippen LogP contribution is 2.28. The molecule has 1 N–H and O–H groups in total. The van der Waals surface area contributed by atoms with Gasteiger partial charge >= 0.3 is 0 Å². The van der Waals surface area contributed by atoms with Crippen molar-refractivity contribution in [3.8, 4) is 5.69 Å². The monoisotopic (exact) mass is 407 g/mol. The molecule has 0 fully saturated rings. The summed E-state index contributed by atoms with van der Waals surface area (Å²) in [7, 11) is 0. The predicted molar refractivity (Wildman–Crippen MR) is 114 cm³/mol. The number of fused-ring (bicyclic) bond motifs is 1. The molecule has 1 aliphatic rings. The van der Waals surface area contributed by atoms with Crippen molar-refractivity contribution in [1.29, 1.82) is 0 Å². The number of nitrogens with zero attached hydrogens (tertiary/aromatic N) is 2. The van der Waals surface area contributed by atoms with Gasteiger partial charge in [0, 0.05) is 16.9 Å². The zero-order valence-electron chi connectivity index (χ0n) is 17.3. The molecule has 0 radical (unpaired) electrons. The van der Waals surface area contributed by atoms with E-state index in [-0.39, 0.29) is 17.8 Å². The number of aromatic nitrogens is 2. The highest BCUT2D eigenvalue weighted by molar-refractivity contribution is 6.04. The standard InChI is InChI=1S/C24H26FN3O2/c1-16(2)30-15-17-6-5-7-19(14-17)26-24(29)23-21-8-3-4-9-22(21)28(27-23)20-12-10-18(25)11-13-20/h5-7,10-14,16H,3-4,8-9,15H2,1-2H3,(H,26,29). The van der Waals surface area contributed by atoms with Crippen LogP contribution < -0.4 is 5.32 Å². The van der Waals surface area contributed by atoms with E-state index in [4.69, 9.17) is 4.74 Å². The van der Waals surface area contributed by atoms with Gasteiger partial charge in [0.25, 0.3) is 5.91 Å². The quantitative estimate of drug-likeness (QED) is 0.621. The van der Waals surface area contributed by atoms with Gasteiger partial charge in [-0.3, -0.25) is 4.79 Å². The van der Waals surface area contributed by atoms with E-state index in [0.717, 1.165) is 48.2 Å². The van der Waals surface area contributed by atoms with E-state index >= 15 is 0 Å². The summed E-state index contributed by atoms with van der Waals surface area (Å²) in [5, 5.41) is 7.61. The number of carbonyl (C=O) groups excluding carboxylic acids is 1. The van der Waals surface area contributed by atoms with Gasteiger partial charge < -0.3 is 10.1 Å². The van der Waals surface area contributed by atoms with Crippen LogP contribution >= 0.6 is 0 Å². The minimum absolute atomic E-state index is 0.144. The highest BCUT2D eigenvalue weighted by atomic mass is 19.1. The van der Waals surface area contributed by atoms with Crippen LogP contribution in [0, 0.1) is 5.82 Å². The highest BCUT2D eigenvalue weighted by Gasteiger charge is 2.25. The largest absolute Gasteiger partial charge is 0.374 e. The van der Waals surface area contributed by atoms with Gasteiger partial charge in [-0.05, 0) is 81.5 Å². The number of benzene rings is 2. The van der Waals surface area contributed by atoms with Crippen LogP contribution in [0.25, 0.3) is 5.69 Å². The van der Waals surface area contributed by atoms with Crippen molar-refractivity contribution in [2.75, 3.05) is 5.32 Å². The second-order valence-corrected chi connectivity index (χ2v) is 7.88. The fraction of sp³-hybridized carbons (Fsp3) is 0.333. The van der Waals surface area contributed by atoms with Crippen molar-refractivity contribution in [2.24, 2.45) is 0 Å². The molecule has 156 valence electrons. The van der Waals surface area contributed by atoms with Crippen molar-refractivity contribution in [2.45, 2.75) is 52.2 Å². The van der Waals surface area contributed by atoms with Crippen molar-refractivity contribution in [3.05, 3.63) is 76.9 Å². The van der Waals surface area contributed by atoms with Crippen LogP contribution in [0.1, 0.15) is 54.0 Å². The van der Waals surface area contributed by atoms with Crippen LogP contribution in [-0.2, 0) is 24.2 Å². The summed E-state index contributed by atoms with van der Waals surface area (Å²) in [5.74, 6) is -0.519. The van der Waals surface area contributed by atoms with Crippen LogP contribution in [0.3, 0.4) is 0 Å². The summed E-state index contributed by atoms with van der Waals surface area (Å²) in [4.78, 5) is 13.1. The maximum absolute atomic E-state index is 13.3. The van der Waals surface area contributed by atoms with E-state index in [1.165, 1.54) is 12.1 Å². The summed E-state index contributed by atoms with van der Waals surface area (Å²) in [6.07, 6.45) is 3.91. The Morgan fingerprint density at radius 3 is 2.70 bits per heavy atom. The molecule has 5 nitrogen and oxygen atoms in total. The normalized spacial score (nSPS) is 13.3. The van der Waals surface area contributed by atoms with Gasteiger partial charge in [0.15, 0.2) is 5.69 Å². The Kier molecular flexibility index (Phi) is 5.95. The fourth-order valence-corrected chi connectivity index (χ4v) is 3.77. The van der Waals surface area contributed by atoms with Gasteiger partial charge in [0.05, 0.1) is 18.4 Å². The van der Waals surface area contributed by atoms with Crippen molar-refractivity contribution < 1.29 is 13.9 Å². The second kappa shape index (κ2) is 8.79. The lowest BCUT2D eigenvalue weighted by molar-refractivity contribution is 0.0657. The molecule has 0 saturated carbocycles. The van der Waals surface area contributed by atoms with E-state index in [1.807, 2.05) is 38.1 Å². The van der Waals surface area contributed by atoms with Crippen LogP contribution in [0.4, 0.5) is 10.1 Å². The molecule has 30 heavy (non-hydrogen) atoms. The molecular formula is C24H26FN3O2. The van der Waals surface area contributed by atoms with Crippen LogP contribution in [-0.4, -0.2) is 21.8 Å². The summed E-state index contributed by atoms with van der Waals surface area (Å²) >= 11 is 0. The molecule has 1 heterocycles. The zero-order valence-corrected chi connectivity index (χ0v) is 17.3. The minimum atomic E-state index is -0.293. The number of carbonyl (C=O) groups is 1. The molecule has 3 aromatic rings. The maximum Gasteiger partial charge on any atom is 0.276 e. The predicted octanol–water partition coefficient (Wildman–Crippen LogP) is 5.07. The van der Waals surface area contributed by atoms with Gasteiger partial charge in [0.2, 0.25) is 0 Å². The van der Waals surface area contributed by atoms with E-state index < -0.39 is 0 Å². The summed E-state index contributed by atoms with van der Waals surface area (Å²) < 4.78 is 20.8. The maximum atomic E-state index is 13.3. The van der Waals surface area contributed by atoms with Crippen LogP contribution in [0.2, 0.25) is 0 Å². The third kappa shape index (κ3) is 4.44. The molecule has 2 aromatic carbocycles. The number of halogens is 1. The van der Waals surface area contributed by atoms with Crippen LogP contribution in [0.15, 0.2) is 48.5 Å². The average molecular weight is 407 g/mol. The Bertz CT molecular complexity index is 1040. The Labute approximate surface area is 175 Å². The molecule has 1 aliphatic carbocycles. The van der Waals surface area contributed by atoms with Gasteiger partial charge in [-0.2, -0.15) is 5.10 Å². The lowest BCUT2D eigenvalue weighted by Crippen LogP contribution is -2.15. The molecule has 0 spiro atoms. The first kappa shape index (κ1) is 20.3. The molecule has 0 atom stereocenters. The van der Waals surface area contributed by atoms with Crippen LogP contribution in [0.5, 0.6) is 0 Å². The lowest BCUT2D eigenvalue weighted by Gasteiger charge is -2.14. The smallest absolute Gasteiger partial charge is 0.276 e. The number of hydrogen-bond acceptors (Lipinski definition) is 3. The molecule has 0 saturated heterocycles. The Balaban J connectivity index is 1.60. The molecular weight excluding hydrogens is 381 g/mol. The number of rotatable bonds is 6. The van der Waals surface area contributed by atoms with E-state index in [2.05, 4.69) is 10.4 Å². The van der Waals surface area contributed by atoms with E-state index in [1.54, 1.807) is 16.8 Å². The summed E-state index contributed by atoms with van der Waals surface area (Å²) in [5.41, 5.74) is 4.95. The van der Waals surface area contributed by atoms with Gasteiger partial charge in [-0.15, -0.1) is 0 Å². The fourth-order valence-electron chi connectivity index (χ4n) is 3.77. The number of amides is 1. The first-order chi connectivity index (χ1) is 14.5. The van der Waals surface area contributed by atoms with Gasteiger partial charge in [-0.25, -0.2) is 9.07 Å². The molecule has 0 aliphatic heterocycles. The van der Waals surface area contributed by atoms with Crippen molar-refractivity contribution in [1.82, 2.24) is 9.78 Å². The average Bonchev–Trinajstić information content (AvgIpc) is 3.13. The van der Waals surface area contributed by atoms with E-state index in [9.17, 15) is 9.18 Å². The third-order valence-electron chi connectivity index (χ3n) is 5.23. The SMILES string of the molecule is CC(C)OCc1cccc(NC(=O)c2nn(-c3ccc(F)cc3)c3c2CCCC3)c1. The first-order valence-corrected chi connectivity index (χ1v) is 10.4. The molecule has 0 bridgehead atoms. The first-order valence-electron chi connectivity index (χ1n) is 10.4. The summed E-state index contributed by atoms with van der Waals surface area (Å²) in [6.45, 7) is 4.48. The molecule has 1 amide bonds. The number of anilines is 1. The molecule has 0 unspecified atom stereocenters. The molecule has 4 rings (SSSR count). The minimum Gasteiger partial charge on any atom is -0.374 e. The third-order valence-corrected chi connectivity index (χ3v) is 5.23. The Morgan fingerprint density at radius 2 is 1.93 bits per heavy atom. The molecule has 1 aromatic heterocycles. The Morgan fingerprint density at radius 1 is 1.17 bits per heavy atom. The second-order valence-electron chi connectivity index (χ2n) is 7.88. The van der Waals surface area contributed by atoms with Gasteiger partial charge in [-0.1, -0.05) is 12.1 Å². The summed E-state index contributed by atoms with van der Waals surface area (Å²) in [6, 6.07) is 13.9. The molecule has 6 heteroatoms.